The van der Waals surface area contributed by atoms with Crippen molar-refractivity contribution in [1.29, 1.82) is 0 Å². The molecule has 0 saturated carbocycles. The smallest absolute Gasteiger partial charge is 0.0544 e. The number of aromatic nitrogens is 1. The topological polar surface area (TPSA) is 28.2 Å². The Morgan fingerprint density at radius 1 is 1.31 bits per heavy atom. The Morgan fingerprint density at radius 3 is 2.69 bits per heavy atom. The first kappa shape index (κ1) is 13.1. The van der Waals surface area contributed by atoms with E-state index in [2.05, 4.69) is 48.2 Å². The average Bonchev–Trinajstić information content (AvgIpc) is 2.28. The van der Waals surface area contributed by atoms with E-state index in [-0.39, 0.29) is 0 Å². The molecule has 0 spiro atoms. The Bertz CT molecular complexity index is 282. The third-order valence-corrected chi connectivity index (χ3v) is 2.50. The van der Waals surface area contributed by atoms with E-state index in [1.807, 2.05) is 6.20 Å². The fourth-order valence-electron chi connectivity index (χ4n) is 1.66. The van der Waals surface area contributed by atoms with Gasteiger partial charge in [0.1, 0.15) is 0 Å². The van der Waals surface area contributed by atoms with E-state index < -0.39 is 0 Å². The Kier molecular flexibility index (Phi) is 6.04. The molecule has 90 valence electrons. The molecule has 0 amide bonds. The largest absolute Gasteiger partial charge is 0.313 e. The molecular weight excluding hydrogens is 198 g/mol. The molecule has 0 unspecified atom stereocenters. The Morgan fingerprint density at radius 2 is 2.12 bits per heavy atom. The van der Waals surface area contributed by atoms with Gasteiger partial charge in [0.15, 0.2) is 0 Å². The normalized spacial score (nSPS) is 11.0. The molecule has 3 nitrogen and oxygen atoms in total. The summed E-state index contributed by atoms with van der Waals surface area (Å²) < 4.78 is 0. The molecule has 0 aromatic carbocycles. The minimum absolute atomic E-state index is 0.911. The van der Waals surface area contributed by atoms with Crippen molar-refractivity contribution in [1.82, 2.24) is 15.2 Å². The molecular formula is C13H23N3. The standard InChI is InChI=1S/C13H23N3/c1-4-8-16(3)11-13-7-6-12(10-15-13)9-14-5-2/h6-7,10,14H,4-5,8-9,11H2,1-3H3. The van der Waals surface area contributed by atoms with Crippen LogP contribution in [0.3, 0.4) is 0 Å². The Hall–Kier alpha value is -0.930. The molecule has 1 N–H and O–H groups in total. The molecule has 0 saturated heterocycles. The molecule has 1 heterocycles. The van der Waals surface area contributed by atoms with Crippen molar-refractivity contribution in [3.05, 3.63) is 29.6 Å². The van der Waals surface area contributed by atoms with Crippen LogP contribution in [0.15, 0.2) is 18.3 Å². The molecule has 0 radical (unpaired) electrons. The van der Waals surface area contributed by atoms with Crippen molar-refractivity contribution in [3.63, 3.8) is 0 Å². The minimum atomic E-state index is 0.911. The summed E-state index contributed by atoms with van der Waals surface area (Å²) in [6.45, 7) is 8.29. The number of nitrogens with zero attached hydrogens (tertiary/aromatic N) is 2. The van der Waals surface area contributed by atoms with E-state index in [0.717, 1.165) is 31.9 Å². The Labute approximate surface area is 98.9 Å². The van der Waals surface area contributed by atoms with Crippen molar-refractivity contribution < 1.29 is 0 Å². The van der Waals surface area contributed by atoms with E-state index in [1.165, 1.54) is 12.0 Å². The third kappa shape index (κ3) is 4.73. The summed E-state index contributed by atoms with van der Waals surface area (Å²) in [6, 6.07) is 4.28. The summed E-state index contributed by atoms with van der Waals surface area (Å²) in [5.41, 5.74) is 2.40. The summed E-state index contributed by atoms with van der Waals surface area (Å²) in [5, 5.41) is 3.29. The molecule has 0 bridgehead atoms. The predicted octanol–water partition coefficient (Wildman–Crippen LogP) is 2.03. The monoisotopic (exact) mass is 221 g/mol. The molecule has 0 aliphatic heterocycles. The van der Waals surface area contributed by atoms with E-state index in [4.69, 9.17) is 0 Å². The van der Waals surface area contributed by atoms with Crippen LogP contribution in [0.1, 0.15) is 31.5 Å². The number of pyridine rings is 1. The lowest BCUT2D eigenvalue weighted by molar-refractivity contribution is 0.323. The lowest BCUT2D eigenvalue weighted by Gasteiger charge is -2.14. The van der Waals surface area contributed by atoms with Crippen molar-refractivity contribution in [3.8, 4) is 0 Å². The van der Waals surface area contributed by atoms with Gasteiger partial charge in [-0.1, -0.05) is 19.9 Å². The maximum absolute atomic E-state index is 4.47. The van der Waals surface area contributed by atoms with Gasteiger partial charge in [0.2, 0.25) is 0 Å². The van der Waals surface area contributed by atoms with Gasteiger partial charge in [-0.25, -0.2) is 0 Å². The highest BCUT2D eigenvalue weighted by Gasteiger charge is 2.00. The maximum atomic E-state index is 4.47. The molecule has 0 fully saturated rings. The van der Waals surface area contributed by atoms with Gasteiger partial charge in [0.05, 0.1) is 5.69 Å². The molecule has 0 aliphatic rings. The fourth-order valence-corrected chi connectivity index (χ4v) is 1.66. The second kappa shape index (κ2) is 7.36. The first-order chi connectivity index (χ1) is 7.76. The molecule has 3 heteroatoms. The van der Waals surface area contributed by atoms with Gasteiger partial charge in [-0.05, 0) is 38.2 Å². The van der Waals surface area contributed by atoms with Crippen LogP contribution in [0, 0.1) is 0 Å². The van der Waals surface area contributed by atoms with Crippen LogP contribution in [0.4, 0.5) is 0 Å². The molecule has 16 heavy (non-hydrogen) atoms. The second-order valence-corrected chi connectivity index (χ2v) is 4.18. The summed E-state index contributed by atoms with van der Waals surface area (Å²) in [5.74, 6) is 0. The van der Waals surface area contributed by atoms with Crippen LogP contribution in [-0.4, -0.2) is 30.0 Å². The van der Waals surface area contributed by atoms with Gasteiger partial charge in [-0.3, -0.25) is 4.98 Å². The van der Waals surface area contributed by atoms with Crippen LogP contribution in [0.25, 0.3) is 0 Å². The number of nitrogens with one attached hydrogen (secondary N) is 1. The zero-order valence-corrected chi connectivity index (χ0v) is 10.7. The van der Waals surface area contributed by atoms with Gasteiger partial charge in [0, 0.05) is 19.3 Å². The van der Waals surface area contributed by atoms with Crippen molar-refractivity contribution in [2.75, 3.05) is 20.1 Å². The highest BCUT2D eigenvalue weighted by Crippen LogP contribution is 2.03. The molecule has 1 aromatic heterocycles. The second-order valence-electron chi connectivity index (χ2n) is 4.18. The van der Waals surface area contributed by atoms with Gasteiger partial charge in [-0.15, -0.1) is 0 Å². The summed E-state index contributed by atoms with van der Waals surface area (Å²) in [6.07, 6.45) is 3.16. The number of rotatable bonds is 7. The van der Waals surface area contributed by atoms with Crippen molar-refractivity contribution >= 4 is 0 Å². The van der Waals surface area contributed by atoms with Crippen molar-refractivity contribution in [2.24, 2.45) is 0 Å². The number of hydrogen-bond acceptors (Lipinski definition) is 3. The average molecular weight is 221 g/mol. The number of hydrogen-bond donors (Lipinski definition) is 1. The summed E-state index contributed by atoms with van der Waals surface area (Å²) in [4.78, 5) is 6.77. The minimum Gasteiger partial charge on any atom is -0.313 e. The van der Waals surface area contributed by atoms with Gasteiger partial charge < -0.3 is 10.2 Å². The highest BCUT2D eigenvalue weighted by molar-refractivity contribution is 5.13. The highest BCUT2D eigenvalue weighted by atomic mass is 15.1. The summed E-state index contributed by atoms with van der Waals surface area (Å²) in [7, 11) is 2.14. The van der Waals surface area contributed by atoms with E-state index in [1.54, 1.807) is 0 Å². The molecule has 1 aromatic rings. The zero-order chi connectivity index (χ0) is 11.8. The van der Waals surface area contributed by atoms with Gasteiger partial charge >= 0.3 is 0 Å². The van der Waals surface area contributed by atoms with Crippen LogP contribution >= 0.6 is 0 Å². The van der Waals surface area contributed by atoms with Crippen LogP contribution in [0.2, 0.25) is 0 Å². The van der Waals surface area contributed by atoms with Gasteiger partial charge in [0.25, 0.3) is 0 Å². The molecule has 0 aliphatic carbocycles. The van der Waals surface area contributed by atoms with E-state index in [0.29, 0.717) is 0 Å². The fraction of sp³-hybridized carbons (Fsp3) is 0.615. The lowest BCUT2D eigenvalue weighted by atomic mass is 10.2. The first-order valence-electron chi connectivity index (χ1n) is 6.09. The third-order valence-electron chi connectivity index (χ3n) is 2.50. The van der Waals surface area contributed by atoms with Crippen molar-refractivity contribution in [2.45, 2.75) is 33.4 Å². The van der Waals surface area contributed by atoms with Crippen LogP contribution < -0.4 is 5.32 Å². The van der Waals surface area contributed by atoms with E-state index >= 15 is 0 Å². The molecule has 0 atom stereocenters. The first-order valence-corrected chi connectivity index (χ1v) is 6.09. The maximum Gasteiger partial charge on any atom is 0.0544 e. The van der Waals surface area contributed by atoms with Gasteiger partial charge in [-0.2, -0.15) is 0 Å². The SMILES string of the molecule is CCCN(C)Cc1ccc(CNCC)cn1. The zero-order valence-electron chi connectivity index (χ0n) is 10.7. The summed E-state index contributed by atoms with van der Waals surface area (Å²) >= 11 is 0. The van der Waals surface area contributed by atoms with Crippen LogP contribution in [0.5, 0.6) is 0 Å². The van der Waals surface area contributed by atoms with Crippen LogP contribution in [-0.2, 0) is 13.1 Å². The van der Waals surface area contributed by atoms with E-state index in [9.17, 15) is 0 Å². The molecule has 1 rings (SSSR count). The lowest BCUT2D eigenvalue weighted by Crippen LogP contribution is -2.19. The Balaban J connectivity index is 2.44. The predicted molar refractivity (Wildman–Crippen MR) is 68.2 cm³/mol. The quantitative estimate of drug-likeness (QED) is 0.763.